The molecule has 0 aliphatic heterocycles. The third kappa shape index (κ3) is 6.72. The fourth-order valence-corrected chi connectivity index (χ4v) is 1.80. The summed E-state index contributed by atoms with van der Waals surface area (Å²) in [6.07, 6.45) is 0.298. The lowest BCUT2D eigenvalue weighted by molar-refractivity contribution is -0.122. The van der Waals surface area contributed by atoms with Crippen LogP contribution in [0.3, 0.4) is 0 Å². The Balaban J connectivity index is 2.21. The summed E-state index contributed by atoms with van der Waals surface area (Å²) in [7, 11) is 0. The molecule has 0 fully saturated rings. The van der Waals surface area contributed by atoms with Gasteiger partial charge in [-0.05, 0) is 13.8 Å². The Bertz CT molecular complexity index is 527. The Labute approximate surface area is 135 Å². The Kier molecular flexibility index (Phi) is 7.60. The van der Waals surface area contributed by atoms with E-state index in [0.29, 0.717) is 18.7 Å². The highest BCUT2D eigenvalue weighted by atomic mass is 35.5. The number of aryl methyl sites for hydroxylation is 1. The topological polar surface area (TPSA) is 75.3 Å². The summed E-state index contributed by atoms with van der Waals surface area (Å²) in [4.78, 5) is 34.7. The molecule has 5 nitrogen and oxygen atoms in total. The quantitative estimate of drug-likeness (QED) is 0.435. The van der Waals surface area contributed by atoms with Crippen molar-refractivity contribution in [3.8, 4) is 0 Å². The fourth-order valence-electron chi connectivity index (χ4n) is 1.73. The van der Waals surface area contributed by atoms with Gasteiger partial charge in [-0.25, -0.2) is 0 Å². The van der Waals surface area contributed by atoms with E-state index in [2.05, 4.69) is 10.6 Å². The molecule has 0 bridgehead atoms. The number of rotatable bonds is 8. The number of benzene rings is 1. The van der Waals surface area contributed by atoms with Gasteiger partial charge in [-0.15, -0.1) is 11.6 Å². The van der Waals surface area contributed by atoms with E-state index >= 15 is 0 Å². The van der Waals surface area contributed by atoms with Crippen molar-refractivity contribution in [2.24, 2.45) is 0 Å². The molecule has 0 radical (unpaired) electrons. The molecule has 1 aromatic carbocycles. The number of carbonyl (C=O) groups excluding carboxylic acids is 3. The number of hydrogen-bond acceptors (Lipinski definition) is 3. The largest absolute Gasteiger partial charge is 0.354 e. The van der Waals surface area contributed by atoms with Crippen molar-refractivity contribution in [3.63, 3.8) is 0 Å². The summed E-state index contributed by atoms with van der Waals surface area (Å²) >= 11 is 5.59. The average molecular weight is 325 g/mol. The van der Waals surface area contributed by atoms with Gasteiger partial charge in [0.25, 0.3) is 0 Å². The lowest BCUT2D eigenvalue weighted by atomic mass is 10.1. The van der Waals surface area contributed by atoms with Crippen LogP contribution in [0.15, 0.2) is 24.3 Å². The van der Waals surface area contributed by atoms with Crippen molar-refractivity contribution in [1.82, 2.24) is 10.6 Å². The summed E-state index contributed by atoms with van der Waals surface area (Å²) < 4.78 is 0. The minimum absolute atomic E-state index is 0.0561. The lowest BCUT2D eigenvalue weighted by Gasteiger charge is -2.08. The maximum Gasteiger partial charge on any atom is 0.237 e. The first-order valence-electron chi connectivity index (χ1n) is 7.18. The molecule has 0 saturated heterocycles. The van der Waals surface area contributed by atoms with Gasteiger partial charge in [0, 0.05) is 31.5 Å². The number of ketones is 1. The van der Waals surface area contributed by atoms with Gasteiger partial charge < -0.3 is 10.6 Å². The Hall–Kier alpha value is -1.88. The summed E-state index contributed by atoms with van der Waals surface area (Å²) in [6, 6.07) is 7.26. The number of alkyl halides is 1. The fraction of sp³-hybridized carbons (Fsp3) is 0.438. The average Bonchev–Trinajstić information content (AvgIpc) is 2.49. The summed E-state index contributed by atoms with van der Waals surface area (Å²) in [6.45, 7) is 4.15. The Morgan fingerprint density at radius 1 is 1.05 bits per heavy atom. The Morgan fingerprint density at radius 2 is 1.64 bits per heavy atom. The molecule has 0 heterocycles. The molecule has 1 atom stereocenters. The second-order valence-corrected chi connectivity index (χ2v) is 5.70. The molecule has 1 unspecified atom stereocenters. The van der Waals surface area contributed by atoms with Crippen LogP contribution in [0.25, 0.3) is 0 Å². The van der Waals surface area contributed by atoms with E-state index in [1.165, 1.54) is 0 Å². The SMILES string of the molecule is Cc1ccc(C(=O)CCC(=O)NCCNC(=O)C(C)Cl)cc1. The van der Waals surface area contributed by atoms with E-state index in [4.69, 9.17) is 11.6 Å². The third-order valence-corrected chi connectivity index (χ3v) is 3.26. The van der Waals surface area contributed by atoms with Gasteiger partial charge in [0.05, 0.1) is 0 Å². The van der Waals surface area contributed by atoms with Crippen molar-refractivity contribution in [2.45, 2.75) is 32.1 Å². The summed E-state index contributed by atoms with van der Waals surface area (Å²) in [5.41, 5.74) is 1.70. The molecule has 1 rings (SSSR count). The highest BCUT2D eigenvalue weighted by Gasteiger charge is 2.10. The number of Topliss-reactive ketones (excluding diaryl/α,β-unsaturated/α-hetero) is 1. The molecular formula is C16H21ClN2O3. The van der Waals surface area contributed by atoms with Crippen molar-refractivity contribution < 1.29 is 14.4 Å². The molecule has 120 valence electrons. The predicted molar refractivity (Wildman–Crippen MR) is 86.1 cm³/mol. The molecule has 2 N–H and O–H groups in total. The zero-order chi connectivity index (χ0) is 16.5. The van der Waals surface area contributed by atoms with E-state index < -0.39 is 5.38 Å². The highest BCUT2D eigenvalue weighted by molar-refractivity contribution is 6.30. The van der Waals surface area contributed by atoms with Crippen LogP contribution in [0, 0.1) is 6.92 Å². The maximum absolute atomic E-state index is 11.9. The number of hydrogen-bond donors (Lipinski definition) is 2. The molecule has 0 aromatic heterocycles. The van der Waals surface area contributed by atoms with E-state index in [0.717, 1.165) is 5.56 Å². The normalized spacial score (nSPS) is 11.6. The predicted octanol–water partition coefficient (Wildman–Crippen LogP) is 1.82. The molecule has 2 amide bonds. The van der Waals surface area contributed by atoms with E-state index in [9.17, 15) is 14.4 Å². The zero-order valence-corrected chi connectivity index (χ0v) is 13.6. The first kappa shape index (κ1) is 18.2. The number of amides is 2. The van der Waals surface area contributed by atoms with Crippen LogP contribution in [0.2, 0.25) is 0 Å². The maximum atomic E-state index is 11.9. The van der Waals surface area contributed by atoms with Gasteiger partial charge >= 0.3 is 0 Å². The lowest BCUT2D eigenvalue weighted by Crippen LogP contribution is -2.37. The monoisotopic (exact) mass is 324 g/mol. The van der Waals surface area contributed by atoms with Crippen LogP contribution in [-0.2, 0) is 9.59 Å². The van der Waals surface area contributed by atoms with Gasteiger partial charge in [0.2, 0.25) is 11.8 Å². The molecular weight excluding hydrogens is 304 g/mol. The molecule has 6 heteroatoms. The van der Waals surface area contributed by atoms with Crippen LogP contribution in [-0.4, -0.2) is 36.1 Å². The third-order valence-electron chi connectivity index (χ3n) is 3.06. The molecule has 0 aliphatic rings. The van der Waals surface area contributed by atoms with Crippen molar-refractivity contribution in [2.75, 3.05) is 13.1 Å². The van der Waals surface area contributed by atoms with E-state index in [1.54, 1.807) is 19.1 Å². The molecule has 22 heavy (non-hydrogen) atoms. The second-order valence-electron chi connectivity index (χ2n) is 5.05. The number of carbonyl (C=O) groups is 3. The zero-order valence-electron chi connectivity index (χ0n) is 12.8. The van der Waals surface area contributed by atoms with Gasteiger partial charge in [-0.2, -0.15) is 0 Å². The van der Waals surface area contributed by atoms with E-state index in [1.807, 2.05) is 19.1 Å². The number of nitrogens with one attached hydrogen (secondary N) is 2. The summed E-state index contributed by atoms with van der Waals surface area (Å²) in [5.74, 6) is -0.543. The first-order valence-corrected chi connectivity index (χ1v) is 7.62. The molecule has 0 spiro atoms. The van der Waals surface area contributed by atoms with Gasteiger partial charge in [0.1, 0.15) is 5.38 Å². The van der Waals surface area contributed by atoms with E-state index in [-0.39, 0.29) is 30.4 Å². The molecule has 0 saturated carbocycles. The second kappa shape index (κ2) is 9.20. The van der Waals surface area contributed by atoms with Gasteiger partial charge in [-0.1, -0.05) is 29.8 Å². The minimum Gasteiger partial charge on any atom is -0.354 e. The van der Waals surface area contributed by atoms with Crippen molar-refractivity contribution >= 4 is 29.2 Å². The molecule has 0 aliphatic carbocycles. The van der Waals surface area contributed by atoms with Crippen LogP contribution in [0.1, 0.15) is 35.7 Å². The highest BCUT2D eigenvalue weighted by Crippen LogP contribution is 2.07. The first-order chi connectivity index (χ1) is 10.4. The number of halogens is 1. The van der Waals surface area contributed by atoms with Gasteiger partial charge in [-0.3, -0.25) is 14.4 Å². The minimum atomic E-state index is -0.595. The van der Waals surface area contributed by atoms with Crippen LogP contribution < -0.4 is 10.6 Å². The summed E-state index contributed by atoms with van der Waals surface area (Å²) in [5, 5.41) is 4.63. The Morgan fingerprint density at radius 3 is 2.23 bits per heavy atom. The van der Waals surface area contributed by atoms with Crippen molar-refractivity contribution in [1.29, 1.82) is 0 Å². The smallest absolute Gasteiger partial charge is 0.237 e. The van der Waals surface area contributed by atoms with Crippen LogP contribution in [0.4, 0.5) is 0 Å². The standard InChI is InChI=1S/C16H21ClN2O3/c1-11-3-5-13(6-4-11)14(20)7-8-15(21)18-9-10-19-16(22)12(2)17/h3-6,12H,7-10H2,1-2H3,(H,18,21)(H,19,22). The van der Waals surface area contributed by atoms with Crippen LogP contribution in [0.5, 0.6) is 0 Å². The van der Waals surface area contributed by atoms with Crippen LogP contribution >= 0.6 is 11.6 Å². The van der Waals surface area contributed by atoms with Gasteiger partial charge in [0.15, 0.2) is 5.78 Å². The van der Waals surface area contributed by atoms with Crippen molar-refractivity contribution in [3.05, 3.63) is 35.4 Å². The molecule has 1 aromatic rings.